The monoisotopic (exact) mass is 555 g/mol. The van der Waals surface area contributed by atoms with E-state index >= 15 is 0 Å². The van der Waals surface area contributed by atoms with Gasteiger partial charge in [0.25, 0.3) is 15.9 Å². The lowest BCUT2D eigenvalue weighted by Gasteiger charge is -2.25. The van der Waals surface area contributed by atoms with Crippen LogP contribution < -0.4 is 9.62 Å². The Morgan fingerprint density at radius 3 is 2.34 bits per heavy atom. The lowest BCUT2D eigenvalue weighted by atomic mass is 10.1. The van der Waals surface area contributed by atoms with Gasteiger partial charge >= 0.3 is 0 Å². The second-order valence-electron chi connectivity index (χ2n) is 8.40. The van der Waals surface area contributed by atoms with Gasteiger partial charge in [0.1, 0.15) is 6.54 Å². The predicted molar refractivity (Wildman–Crippen MR) is 140 cm³/mol. The minimum atomic E-state index is -4.04. The van der Waals surface area contributed by atoms with Crippen molar-refractivity contribution in [1.82, 2.24) is 4.90 Å². The van der Waals surface area contributed by atoms with E-state index < -0.39 is 22.5 Å². The third kappa shape index (κ3) is 5.74. The average Bonchev–Trinajstić information content (AvgIpc) is 3.38. The molecule has 1 N–H and O–H groups in total. The zero-order valence-corrected chi connectivity index (χ0v) is 21.7. The molecule has 1 fully saturated rings. The van der Waals surface area contributed by atoms with Crippen molar-refractivity contribution in [3.8, 4) is 0 Å². The molecule has 0 bridgehead atoms. The van der Waals surface area contributed by atoms with E-state index in [9.17, 15) is 18.0 Å². The Morgan fingerprint density at radius 1 is 0.971 bits per heavy atom. The van der Waals surface area contributed by atoms with E-state index in [2.05, 4.69) is 21.2 Å². The first-order valence-electron chi connectivity index (χ1n) is 11.3. The summed E-state index contributed by atoms with van der Waals surface area (Å²) in [7, 11) is -4.04. The molecule has 0 aliphatic carbocycles. The third-order valence-electron chi connectivity index (χ3n) is 5.82. The van der Waals surface area contributed by atoms with E-state index in [1.165, 1.54) is 12.1 Å². The molecule has 1 aliphatic rings. The number of hydrogen-bond acceptors (Lipinski definition) is 4. The molecule has 3 aromatic carbocycles. The molecular formula is C26H26BrN3O4S. The third-order valence-corrected chi connectivity index (χ3v) is 8.10. The maximum absolute atomic E-state index is 13.6. The largest absolute Gasteiger partial charge is 0.339 e. The average molecular weight is 556 g/mol. The fourth-order valence-electron chi connectivity index (χ4n) is 3.97. The molecule has 0 unspecified atom stereocenters. The first-order chi connectivity index (χ1) is 16.8. The summed E-state index contributed by atoms with van der Waals surface area (Å²) < 4.78 is 28.9. The fourth-order valence-corrected chi connectivity index (χ4v) is 5.77. The highest BCUT2D eigenvalue weighted by Gasteiger charge is 2.28. The number of likely N-dealkylation sites (tertiary alicyclic amines) is 1. The Bertz CT molecular complexity index is 1340. The molecular weight excluding hydrogens is 530 g/mol. The van der Waals surface area contributed by atoms with E-state index in [1.54, 1.807) is 65.6 Å². The number of sulfonamides is 1. The molecule has 0 atom stereocenters. The molecule has 0 aromatic heterocycles. The van der Waals surface area contributed by atoms with Gasteiger partial charge in [-0.2, -0.15) is 0 Å². The molecule has 35 heavy (non-hydrogen) atoms. The van der Waals surface area contributed by atoms with Crippen LogP contribution in [-0.4, -0.2) is 44.8 Å². The zero-order chi connectivity index (χ0) is 25.0. The first kappa shape index (κ1) is 24.9. The Morgan fingerprint density at radius 2 is 1.66 bits per heavy atom. The highest BCUT2D eigenvalue weighted by atomic mass is 79.9. The Hall–Kier alpha value is -3.17. The smallest absolute Gasteiger partial charge is 0.264 e. The number of aryl methyl sites for hydroxylation is 1. The van der Waals surface area contributed by atoms with Crippen molar-refractivity contribution in [2.75, 3.05) is 29.3 Å². The fraction of sp³-hybridized carbons (Fsp3) is 0.231. The molecule has 0 saturated carbocycles. The van der Waals surface area contributed by atoms with Crippen LogP contribution in [0.3, 0.4) is 0 Å². The Labute approximate surface area is 213 Å². The number of para-hydroxylation sites is 1. The number of benzene rings is 3. The summed E-state index contributed by atoms with van der Waals surface area (Å²) >= 11 is 3.38. The number of nitrogens with one attached hydrogen (secondary N) is 1. The van der Waals surface area contributed by atoms with E-state index in [-0.39, 0.29) is 10.8 Å². The molecule has 2 amide bonds. The summed E-state index contributed by atoms with van der Waals surface area (Å²) in [4.78, 5) is 28.0. The SMILES string of the molecule is Cc1ccc(S(=O)(=O)N(CC(=O)Nc2ccccc2C(=O)N2CCCC2)c2cccc(Br)c2)cc1. The summed E-state index contributed by atoms with van der Waals surface area (Å²) in [6.45, 7) is 2.79. The number of halogens is 1. The van der Waals surface area contributed by atoms with Crippen molar-refractivity contribution in [2.24, 2.45) is 0 Å². The van der Waals surface area contributed by atoms with Gasteiger partial charge in [0.15, 0.2) is 0 Å². The van der Waals surface area contributed by atoms with Crippen LogP contribution in [0.1, 0.15) is 28.8 Å². The minimum absolute atomic E-state index is 0.0838. The van der Waals surface area contributed by atoms with Crippen molar-refractivity contribution in [1.29, 1.82) is 0 Å². The molecule has 0 radical (unpaired) electrons. The van der Waals surface area contributed by atoms with Crippen molar-refractivity contribution in [3.63, 3.8) is 0 Å². The molecule has 1 aliphatic heterocycles. The van der Waals surface area contributed by atoms with Crippen LogP contribution in [-0.2, 0) is 14.8 Å². The van der Waals surface area contributed by atoms with Crippen LogP contribution in [0.4, 0.5) is 11.4 Å². The molecule has 9 heteroatoms. The summed E-state index contributed by atoms with van der Waals surface area (Å²) in [6.07, 6.45) is 1.91. The van der Waals surface area contributed by atoms with E-state index in [1.807, 2.05) is 6.92 Å². The van der Waals surface area contributed by atoms with Crippen LogP contribution in [0.15, 0.2) is 82.2 Å². The van der Waals surface area contributed by atoms with Crippen LogP contribution in [0.2, 0.25) is 0 Å². The standard InChI is InChI=1S/C26H26BrN3O4S/c1-19-11-13-22(14-12-19)35(33,34)30(21-8-6-7-20(27)17-21)18-25(31)28-24-10-3-2-9-23(24)26(32)29-15-4-5-16-29/h2-3,6-14,17H,4-5,15-16,18H2,1H3,(H,28,31). The van der Waals surface area contributed by atoms with Crippen LogP contribution in [0, 0.1) is 6.92 Å². The lowest BCUT2D eigenvalue weighted by molar-refractivity contribution is -0.114. The minimum Gasteiger partial charge on any atom is -0.339 e. The van der Waals surface area contributed by atoms with Crippen molar-refractivity contribution in [2.45, 2.75) is 24.7 Å². The van der Waals surface area contributed by atoms with Crippen LogP contribution >= 0.6 is 15.9 Å². The predicted octanol–water partition coefficient (Wildman–Crippen LogP) is 4.83. The zero-order valence-electron chi connectivity index (χ0n) is 19.3. The number of amides is 2. The number of anilines is 2. The van der Waals surface area contributed by atoms with E-state index in [0.29, 0.717) is 34.5 Å². The molecule has 4 rings (SSSR count). The highest BCUT2D eigenvalue weighted by Crippen LogP contribution is 2.27. The molecule has 7 nitrogen and oxygen atoms in total. The summed E-state index contributed by atoms with van der Waals surface area (Å²) in [5, 5.41) is 2.76. The topological polar surface area (TPSA) is 86.8 Å². The van der Waals surface area contributed by atoms with Gasteiger partial charge in [-0.25, -0.2) is 8.42 Å². The number of carbonyl (C=O) groups is 2. The molecule has 1 heterocycles. The summed E-state index contributed by atoms with van der Waals surface area (Å²) in [6, 6.07) is 20.0. The Balaban J connectivity index is 1.63. The van der Waals surface area contributed by atoms with Gasteiger partial charge in [0, 0.05) is 17.6 Å². The number of hydrogen-bond donors (Lipinski definition) is 1. The number of rotatable bonds is 7. The Kier molecular flexibility index (Phi) is 7.57. The van der Waals surface area contributed by atoms with Gasteiger partial charge in [-0.3, -0.25) is 13.9 Å². The van der Waals surface area contributed by atoms with E-state index in [0.717, 1.165) is 22.7 Å². The maximum Gasteiger partial charge on any atom is 0.264 e. The molecule has 1 saturated heterocycles. The quantitative estimate of drug-likeness (QED) is 0.452. The lowest BCUT2D eigenvalue weighted by Crippen LogP contribution is -2.38. The molecule has 3 aromatic rings. The van der Waals surface area contributed by atoms with Gasteiger partial charge in [0.2, 0.25) is 5.91 Å². The molecule has 182 valence electrons. The van der Waals surface area contributed by atoms with Crippen molar-refractivity contribution >= 4 is 49.1 Å². The van der Waals surface area contributed by atoms with Gasteiger partial charge in [-0.15, -0.1) is 0 Å². The van der Waals surface area contributed by atoms with Gasteiger partial charge in [-0.1, -0.05) is 51.8 Å². The first-order valence-corrected chi connectivity index (χ1v) is 13.5. The number of carbonyl (C=O) groups excluding carboxylic acids is 2. The highest BCUT2D eigenvalue weighted by molar-refractivity contribution is 9.10. The normalized spacial score (nSPS) is 13.5. The summed E-state index contributed by atoms with van der Waals surface area (Å²) in [5.74, 6) is -0.697. The second kappa shape index (κ2) is 10.6. The molecule has 0 spiro atoms. The summed E-state index contributed by atoms with van der Waals surface area (Å²) in [5.41, 5.74) is 2.01. The van der Waals surface area contributed by atoms with Crippen LogP contribution in [0.5, 0.6) is 0 Å². The van der Waals surface area contributed by atoms with Gasteiger partial charge in [-0.05, 0) is 62.2 Å². The van der Waals surface area contributed by atoms with Gasteiger partial charge in [0.05, 0.1) is 21.8 Å². The van der Waals surface area contributed by atoms with E-state index in [4.69, 9.17) is 0 Å². The van der Waals surface area contributed by atoms with Crippen molar-refractivity contribution < 1.29 is 18.0 Å². The van der Waals surface area contributed by atoms with Crippen molar-refractivity contribution in [3.05, 3.63) is 88.4 Å². The second-order valence-corrected chi connectivity index (χ2v) is 11.2. The van der Waals surface area contributed by atoms with Gasteiger partial charge < -0.3 is 10.2 Å². The van der Waals surface area contributed by atoms with Crippen LogP contribution in [0.25, 0.3) is 0 Å². The number of nitrogens with zero attached hydrogens (tertiary/aromatic N) is 2. The maximum atomic E-state index is 13.6.